The van der Waals surface area contributed by atoms with Gasteiger partial charge in [0.05, 0.1) is 12.8 Å². The number of rotatable bonds is 6. The summed E-state index contributed by atoms with van der Waals surface area (Å²) in [5.41, 5.74) is 1.44. The molecule has 0 bridgehead atoms. The summed E-state index contributed by atoms with van der Waals surface area (Å²) in [6.07, 6.45) is 1.38. The largest absolute Gasteiger partial charge is 0.497 e. The normalized spacial score (nSPS) is 10.4. The molecule has 0 radical (unpaired) electrons. The zero-order chi connectivity index (χ0) is 18.5. The molecule has 0 unspecified atom stereocenters. The van der Waals surface area contributed by atoms with E-state index in [1.807, 2.05) is 36.6 Å². The quantitative estimate of drug-likeness (QED) is 0.695. The number of benzene rings is 1. The molecule has 3 rings (SSSR count). The number of hydrogen-bond acceptors (Lipinski definition) is 6. The van der Waals surface area contributed by atoms with E-state index in [9.17, 15) is 9.59 Å². The molecule has 0 fully saturated rings. The number of pyridine rings is 1. The van der Waals surface area contributed by atoms with E-state index >= 15 is 0 Å². The molecule has 1 amide bonds. The van der Waals surface area contributed by atoms with Gasteiger partial charge >= 0.3 is 0 Å². The SMILES string of the molecule is COc1cccc(COc2c[nH]c(C(=O)Nc3nc(C)cs3)cc2=O)c1. The van der Waals surface area contributed by atoms with Gasteiger partial charge in [-0.15, -0.1) is 11.3 Å². The second-order valence-electron chi connectivity index (χ2n) is 5.46. The molecule has 3 aromatic rings. The standard InChI is InChI=1S/C18H17N3O4S/c1-11-10-26-18(20-11)21-17(23)14-7-15(22)16(8-19-14)25-9-12-4-3-5-13(6-12)24-2/h3-8,10H,9H2,1-2H3,(H,19,22)(H,20,21,23). The van der Waals surface area contributed by atoms with Crippen LogP contribution in [0.4, 0.5) is 5.13 Å². The van der Waals surface area contributed by atoms with Crippen LogP contribution in [-0.2, 0) is 6.61 Å². The van der Waals surface area contributed by atoms with E-state index in [-0.39, 0.29) is 23.5 Å². The van der Waals surface area contributed by atoms with Crippen molar-refractivity contribution >= 4 is 22.4 Å². The lowest BCUT2D eigenvalue weighted by Crippen LogP contribution is -2.17. The van der Waals surface area contributed by atoms with Crippen molar-refractivity contribution < 1.29 is 14.3 Å². The van der Waals surface area contributed by atoms with E-state index in [1.165, 1.54) is 23.6 Å². The van der Waals surface area contributed by atoms with Crippen LogP contribution in [0.3, 0.4) is 0 Å². The third-order valence-electron chi connectivity index (χ3n) is 3.49. The van der Waals surface area contributed by atoms with E-state index in [4.69, 9.17) is 9.47 Å². The third kappa shape index (κ3) is 4.28. The second-order valence-corrected chi connectivity index (χ2v) is 6.32. The fourth-order valence-electron chi connectivity index (χ4n) is 2.20. The lowest BCUT2D eigenvalue weighted by Gasteiger charge is -2.08. The maximum Gasteiger partial charge on any atom is 0.273 e. The van der Waals surface area contributed by atoms with Gasteiger partial charge in [-0.1, -0.05) is 12.1 Å². The molecule has 134 valence electrons. The van der Waals surface area contributed by atoms with Crippen LogP contribution in [-0.4, -0.2) is 23.0 Å². The second kappa shape index (κ2) is 7.83. The number of aryl methyl sites for hydroxylation is 1. The summed E-state index contributed by atoms with van der Waals surface area (Å²) < 4.78 is 10.7. The molecule has 7 nitrogen and oxygen atoms in total. The van der Waals surface area contributed by atoms with E-state index < -0.39 is 5.91 Å². The van der Waals surface area contributed by atoms with Gasteiger partial charge in [0.1, 0.15) is 18.1 Å². The summed E-state index contributed by atoms with van der Waals surface area (Å²) in [6, 6.07) is 8.57. The van der Waals surface area contributed by atoms with Crippen molar-refractivity contribution in [3.8, 4) is 11.5 Å². The number of aromatic amines is 1. The molecule has 2 heterocycles. The molecule has 0 saturated carbocycles. The van der Waals surface area contributed by atoms with E-state index in [0.717, 1.165) is 11.3 Å². The number of anilines is 1. The van der Waals surface area contributed by atoms with Crippen molar-refractivity contribution in [2.24, 2.45) is 0 Å². The first-order chi connectivity index (χ1) is 12.5. The number of nitrogens with zero attached hydrogens (tertiary/aromatic N) is 1. The molecule has 8 heteroatoms. The van der Waals surface area contributed by atoms with Gasteiger partial charge < -0.3 is 14.5 Å². The highest BCUT2D eigenvalue weighted by Crippen LogP contribution is 2.16. The number of H-pyrrole nitrogens is 1. The van der Waals surface area contributed by atoms with Crippen molar-refractivity contribution in [3.05, 3.63) is 69.1 Å². The van der Waals surface area contributed by atoms with Crippen LogP contribution in [0, 0.1) is 6.92 Å². The van der Waals surface area contributed by atoms with Crippen LogP contribution in [0.1, 0.15) is 21.7 Å². The molecule has 1 aromatic carbocycles. The average Bonchev–Trinajstić information content (AvgIpc) is 3.05. The summed E-state index contributed by atoms with van der Waals surface area (Å²) in [4.78, 5) is 31.3. The fraction of sp³-hybridized carbons (Fsp3) is 0.167. The average molecular weight is 371 g/mol. The van der Waals surface area contributed by atoms with Crippen LogP contribution in [0.15, 0.2) is 46.7 Å². The number of nitrogens with one attached hydrogen (secondary N) is 2. The van der Waals surface area contributed by atoms with Crippen molar-refractivity contribution in [2.45, 2.75) is 13.5 Å². The third-order valence-corrected chi connectivity index (χ3v) is 4.37. The summed E-state index contributed by atoms with van der Waals surface area (Å²) >= 11 is 1.32. The lowest BCUT2D eigenvalue weighted by atomic mass is 10.2. The molecule has 26 heavy (non-hydrogen) atoms. The van der Waals surface area contributed by atoms with Gasteiger partial charge in [0.2, 0.25) is 5.43 Å². The molecule has 0 aliphatic rings. The van der Waals surface area contributed by atoms with Crippen molar-refractivity contribution in [3.63, 3.8) is 0 Å². The Morgan fingerprint density at radius 2 is 2.19 bits per heavy atom. The van der Waals surface area contributed by atoms with Crippen molar-refractivity contribution in [1.82, 2.24) is 9.97 Å². The summed E-state index contributed by atoms with van der Waals surface area (Å²) in [5, 5.41) is 4.95. The van der Waals surface area contributed by atoms with Gasteiger partial charge in [-0.3, -0.25) is 14.9 Å². The molecule has 2 aromatic heterocycles. The predicted octanol–water partition coefficient (Wildman–Crippen LogP) is 2.98. The minimum Gasteiger partial charge on any atom is -0.497 e. The van der Waals surface area contributed by atoms with Crippen LogP contribution >= 0.6 is 11.3 Å². The lowest BCUT2D eigenvalue weighted by molar-refractivity contribution is 0.102. The number of methoxy groups -OCH3 is 1. The minimum atomic E-state index is -0.434. The number of hydrogen-bond donors (Lipinski definition) is 2. The first-order valence-corrected chi connectivity index (χ1v) is 8.65. The van der Waals surface area contributed by atoms with E-state index in [1.54, 1.807) is 7.11 Å². The van der Waals surface area contributed by atoms with Gasteiger partial charge in [-0.25, -0.2) is 4.98 Å². The van der Waals surface area contributed by atoms with Crippen LogP contribution in [0.25, 0.3) is 0 Å². The molecule has 0 spiro atoms. The predicted molar refractivity (Wildman–Crippen MR) is 99.2 cm³/mol. The molecular formula is C18H17N3O4S. The zero-order valence-electron chi connectivity index (χ0n) is 14.2. The number of ether oxygens (including phenoxy) is 2. The first-order valence-electron chi connectivity index (χ1n) is 7.77. The zero-order valence-corrected chi connectivity index (χ0v) is 15.1. The number of amides is 1. The molecule has 0 aliphatic carbocycles. The topological polar surface area (TPSA) is 93.3 Å². The Hall–Kier alpha value is -3.13. The summed E-state index contributed by atoms with van der Waals surface area (Å²) in [5.74, 6) is 0.412. The maximum atomic E-state index is 12.2. The van der Waals surface area contributed by atoms with Crippen LogP contribution < -0.4 is 20.2 Å². The minimum absolute atomic E-state index is 0.134. The Labute approximate surface area is 153 Å². The Balaban J connectivity index is 1.67. The van der Waals surface area contributed by atoms with E-state index in [2.05, 4.69) is 15.3 Å². The highest BCUT2D eigenvalue weighted by Gasteiger charge is 2.12. The Morgan fingerprint density at radius 3 is 2.88 bits per heavy atom. The smallest absolute Gasteiger partial charge is 0.273 e. The van der Waals surface area contributed by atoms with Gasteiger partial charge in [0, 0.05) is 17.6 Å². The molecular weight excluding hydrogens is 354 g/mol. The molecule has 2 N–H and O–H groups in total. The highest BCUT2D eigenvalue weighted by molar-refractivity contribution is 7.13. The van der Waals surface area contributed by atoms with Crippen molar-refractivity contribution in [1.29, 1.82) is 0 Å². The summed E-state index contributed by atoms with van der Waals surface area (Å²) in [7, 11) is 1.58. The van der Waals surface area contributed by atoms with Gasteiger partial charge in [-0.2, -0.15) is 0 Å². The molecule has 0 atom stereocenters. The molecule has 0 aliphatic heterocycles. The number of aromatic nitrogens is 2. The van der Waals surface area contributed by atoms with Crippen LogP contribution in [0.5, 0.6) is 11.5 Å². The Kier molecular flexibility index (Phi) is 5.33. The molecule has 0 saturated heterocycles. The van der Waals surface area contributed by atoms with Gasteiger partial charge in [0.25, 0.3) is 5.91 Å². The monoisotopic (exact) mass is 371 g/mol. The number of carbonyl (C=O) groups excluding carboxylic acids is 1. The Bertz CT molecular complexity index is 980. The van der Waals surface area contributed by atoms with Gasteiger partial charge in [0.15, 0.2) is 10.9 Å². The maximum absolute atomic E-state index is 12.2. The van der Waals surface area contributed by atoms with Gasteiger partial charge in [-0.05, 0) is 24.6 Å². The number of carbonyl (C=O) groups is 1. The summed E-state index contributed by atoms with van der Waals surface area (Å²) in [6.45, 7) is 2.05. The Morgan fingerprint density at radius 1 is 1.35 bits per heavy atom. The van der Waals surface area contributed by atoms with Crippen LogP contribution in [0.2, 0.25) is 0 Å². The number of thiazole rings is 1. The van der Waals surface area contributed by atoms with E-state index in [0.29, 0.717) is 10.9 Å². The first kappa shape index (κ1) is 17.7. The fourth-order valence-corrected chi connectivity index (χ4v) is 2.88. The van der Waals surface area contributed by atoms with Crippen molar-refractivity contribution in [2.75, 3.05) is 12.4 Å². The highest BCUT2D eigenvalue weighted by atomic mass is 32.1.